The zero-order valence-corrected chi connectivity index (χ0v) is 18.9. The van der Waals surface area contributed by atoms with Crippen LogP contribution in [0.2, 0.25) is 0 Å². The van der Waals surface area contributed by atoms with Gasteiger partial charge >= 0.3 is 0 Å². The molecule has 0 aliphatic carbocycles. The predicted octanol–water partition coefficient (Wildman–Crippen LogP) is 3.32. The van der Waals surface area contributed by atoms with E-state index in [0.717, 1.165) is 22.6 Å². The van der Waals surface area contributed by atoms with Crippen molar-refractivity contribution in [1.82, 2.24) is 9.80 Å². The summed E-state index contributed by atoms with van der Waals surface area (Å²) in [6.07, 6.45) is 4.73. The fourth-order valence-corrected chi connectivity index (χ4v) is 3.40. The highest BCUT2D eigenvalue weighted by molar-refractivity contribution is 6.01. The molecule has 0 saturated carbocycles. The van der Waals surface area contributed by atoms with Crippen LogP contribution in [0, 0.1) is 0 Å². The van der Waals surface area contributed by atoms with E-state index in [0.29, 0.717) is 6.54 Å². The predicted molar refractivity (Wildman–Crippen MR) is 124 cm³/mol. The van der Waals surface area contributed by atoms with E-state index in [1.54, 1.807) is 32.2 Å². The smallest absolute Gasteiger partial charge is 0.254 e. The number of rotatable bonds is 8. The molecule has 2 aromatic rings. The van der Waals surface area contributed by atoms with Gasteiger partial charge in [0, 0.05) is 26.3 Å². The molecule has 1 amide bonds. The van der Waals surface area contributed by atoms with Crippen LogP contribution in [0.25, 0.3) is 0 Å². The number of aliphatic hydroxyl groups is 1. The summed E-state index contributed by atoms with van der Waals surface area (Å²) in [5.41, 5.74) is 1.12. The Labute approximate surface area is 188 Å². The van der Waals surface area contributed by atoms with Gasteiger partial charge in [-0.25, -0.2) is 0 Å². The van der Waals surface area contributed by atoms with Crippen molar-refractivity contribution in [2.24, 2.45) is 5.16 Å². The molecule has 0 radical (unpaired) electrons. The van der Waals surface area contributed by atoms with Gasteiger partial charge in [-0.05, 0) is 42.3 Å². The number of hydrogen-bond acceptors (Lipinski definition) is 6. The first-order chi connectivity index (χ1) is 15.3. The Morgan fingerprint density at radius 1 is 1.09 bits per heavy atom. The SMILES string of the molecule is COc1ccc(CON=CC2(O)C(C(=O)N(C)C)=CC=C(C)N2Cc2ccccc2)cc1. The zero-order chi connectivity index (χ0) is 23.1. The first-order valence-electron chi connectivity index (χ1n) is 10.3. The maximum absolute atomic E-state index is 12.9. The molecule has 1 N–H and O–H groups in total. The molecule has 1 atom stereocenters. The van der Waals surface area contributed by atoms with Crippen LogP contribution < -0.4 is 4.74 Å². The Hall–Kier alpha value is -3.58. The average Bonchev–Trinajstić information content (AvgIpc) is 2.80. The van der Waals surface area contributed by atoms with Gasteiger partial charge in [0.1, 0.15) is 18.6 Å². The van der Waals surface area contributed by atoms with Crippen LogP contribution >= 0.6 is 0 Å². The summed E-state index contributed by atoms with van der Waals surface area (Å²) in [7, 11) is 4.90. The molecular weight excluding hydrogens is 406 g/mol. The number of likely N-dealkylation sites (N-methyl/N-ethyl adjacent to an activating group) is 1. The van der Waals surface area contributed by atoms with Gasteiger partial charge in [-0.2, -0.15) is 0 Å². The number of hydrogen-bond donors (Lipinski definition) is 1. The standard InChI is InChI=1S/C25H29N3O4/c1-19-10-15-23(24(29)27(2)3)25(30,28(19)16-20-8-6-5-7-9-20)18-26-32-17-21-11-13-22(31-4)14-12-21/h5-15,18,30H,16-17H2,1-4H3. The summed E-state index contributed by atoms with van der Waals surface area (Å²) in [6, 6.07) is 17.2. The van der Waals surface area contributed by atoms with E-state index in [9.17, 15) is 9.90 Å². The normalized spacial score (nSPS) is 18.2. The molecule has 168 valence electrons. The number of allylic oxidation sites excluding steroid dienone is 3. The summed E-state index contributed by atoms with van der Waals surface area (Å²) in [6.45, 7) is 2.49. The number of benzene rings is 2. The van der Waals surface area contributed by atoms with E-state index < -0.39 is 5.72 Å². The lowest BCUT2D eigenvalue weighted by molar-refractivity contribution is -0.128. The van der Waals surface area contributed by atoms with Crippen LogP contribution in [-0.4, -0.2) is 54.0 Å². The van der Waals surface area contributed by atoms with E-state index >= 15 is 0 Å². The van der Waals surface area contributed by atoms with Crippen molar-refractivity contribution in [2.45, 2.75) is 25.8 Å². The van der Waals surface area contributed by atoms with Crippen molar-refractivity contribution >= 4 is 12.1 Å². The molecule has 1 aliphatic heterocycles. The summed E-state index contributed by atoms with van der Waals surface area (Å²) >= 11 is 0. The van der Waals surface area contributed by atoms with Gasteiger partial charge in [-0.15, -0.1) is 0 Å². The van der Waals surface area contributed by atoms with Gasteiger partial charge in [0.25, 0.3) is 5.91 Å². The first kappa shape index (κ1) is 23.1. The lowest BCUT2D eigenvalue weighted by atomic mass is 9.95. The Kier molecular flexibility index (Phi) is 7.33. The maximum atomic E-state index is 12.9. The Morgan fingerprint density at radius 2 is 1.78 bits per heavy atom. The van der Waals surface area contributed by atoms with Gasteiger partial charge in [0.05, 0.1) is 12.7 Å². The first-order valence-corrected chi connectivity index (χ1v) is 10.3. The van der Waals surface area contributed by atoms with Gasteiger partial charge in [-0.1, -0.05) is 47.6 Å². The minimum atomic E-state index is -1.77. The van der Waals surface area contributed by atoms with Gasteiger partial charge < -0.3 is 24.5 Å². The van der Waals surface area contributed by atoms with Crippen molar-refractivity contribution in [3.63, 3.8) is 0 Å². The number of oxime groups is 1. The van der Waals surface area contributed by atoms with Crippen LogP contribution in [0.4, 0.5) is 0 Å². The van der Waals surface area contributed by atoms with Crippen molar-refractivity contribution in [3.8, 4) is 5.75 Å². The Balaban J connectivity index is 1.85. The number of ether oxygens (including phenoxy) is 1. The second kappa shape index (κ2) is 10.2. The van der Waals surface area contributed by atoms with Crippen molar-refractivity contribution in [2.75, 3.05) is 21.2 Å². The Bertz CT molecular complexity index is 1010. The van der Waals surface area contributed by atoms with Crippen LogP contribution in [-0.2, 0) is 22.8 Å². The lowest BCUT2D eigenvalue weighted by Crippen LogP contribution is -2.54. The molecule has 3 rings (SSSR count). The molecular formula is C25H29N3O4. The van der Waals surface area contributed by atoms with Gasteiger partial charge in [0.2, 0.25) is 5.72 Å². The maximum Gasteiger partial charge on any atom is 0.254 e. The van der Waals surface area contributed by atoms with Crippen LogP contribution in [0.5, 0.6) is 5.75 Å². The summed E-state index contributed by atoms with van der Waals surface area (Å²) in [5, 5.41) is 15.8. The van der Waals surface area contributed by atoms with E-state index in [4.69, 9.17) is 9.57 Å². The molecule has 0 bridgehead atoms. The second-order valence-corrected chi connectivity index (χ2v) is 7.74. The van der Waals surface area contributed by atoms with Crippen molar-refractivity contribution < 1.29 is 19.5 Å². The van der Waals surface area contributed by atoms with Crippen LogP contribution in [0.15, 0.2) is 83.2 Å². The number of amides is 1. The number of nitrogens with zero attached hydrogens (tertiary/aromatic N) is 3. The van der Waals surface area contributed by atoms with E-state index in [-0.39, 0.29) is 18.1 Å². The molecule has 2 aromatic carbocycles. The van der Waals surface area contributed by atoms with Gasteiger partial charge in [-0.3, -0.25) is 4.79 Å². The molecule has 32 heavy (non-hydrogen) atoms. The third kappa shape index (κ3) is 5.18. The largest absolute Gasteiger partial charge is 0.497 e. The topological polar surface area (TPSA) is 74.6 Å². The van der Waals surface area contributed by atoms with Crippen LogP contribution in [0.1, 0.15) is 18.1 Å². The highest BCUT2D eigenvalue weighted by Gasteiger charge is 2.43. The third-order valence-corrected chi connectivity index (χ3v) is 5.24. The number of carbonyl (C=O) groups is 1. The zero-order valence-electron chi connectivity index (χ0n) is 18.9. The summed E-state index contributed by atoms with van der Waals surface area (Å²) in [5.74, 6) is 0.445. The van der Waals surface area contributed by atoms with Gasteiger partial charge in [0.15, 0.2) is 0 Å². The van der Waals surface area contributed by atoms with Crippen LogP contribution in [0.3, 0.4) is 0 Å². The minimum absolute atomic E-state index is 0.195. The molecule has 0 spiro atoms. The molecule has 0 fully saturated rings. The third-order valence-electron chi connectivity index (χ3n) is 5.24. The quantitative estimate of drug-likeness (QED) is 0.509. The molecule has 0 aromatic heterocycles. The number of carbonyl (C=O) groups excluding carboxylic acids is 1. The molecule has 1 unspecified atom stereocenters. The molecule has 7 nitrogen and oxygen atoms in total. The number of methoxy groups -OCH3 is 1. The monoisotopic (exact) mass is 435 g/mol. The molecule has 1 heterocycles. The lowest BCUT2D eigenvalue weighted by Gasteiger charge is -2.42. The second-order valence-electron chi connectivity index (χ2n) is 7.74. The van der Waals surface area contributed by atoms with Crippen molar-refractivity contribution in [1.29, 1.82) is 0 Å². The minimum Gasteiger partial charge on any atom is -0.497 e. The highest BCUT2D eigenvalue weighted by Crippen LogP contribution is 2.32. The molecule has 7 heteroatoms. The summed E-state index contributed by atoms with van der Waals surface area (Å²) in [4.78, 5) is 21.5. The van der Waals surface area contributed by atoms with E-state index in [1.807, 2.05) is 67.6 Å². The Morgan fingerprint density at radius 3 is 2.41 bits per heavy atom. The highest BCUT2D eigenvalue weighted by atomic mass is 16.6. The van der Waals surface area contributed by atoms with E-state index in [2.05, 4.69) is 5.16 Å². The fourth-order valence-electron chi connectivity index (χ4n) is 3.40. The fraction of sp³-hybridized carbons (Fsp3) is 0.280. The average molecular weight is 436 g/mol. The molecule has 1 aliphatic rings. The van der Waals surface area contributed by atoms with Crippen molar-refractivity contribution in [3.05, 3.63) is 89.1 Å². The summed E-state index contributed by atoms with van der Waals surface area (Å²) < 4.78 is 5.16. The van der Waals surface area contributed by atoms with E-state index in [1.165, 1.54) is 11.1 Å². The molecule has 0 saturated heterocycles.